The lowest BCUT2D eigenvalue weighted by Gasteiger charge is -2.23. The number of carbonyl (C=O) groups is 1. The molecule has 4 nitrogen and oxygen atoms in total. The molecule has 0 atom stereocenters. The Morgan fingerprint density at radius 3 is 2.62 bits per heavy atom. The van der Waals surface area contributed by atoms with Crippen molar-refractivity contribution in [1.29, 1.82) is 5.26 Å². The van der Waals surface area contributed by atoms with E-state index >= 15 is 0 Å². The highest BCUT2D eigenvalue weighted by molar-refractivity contribution is 6.08. The summed E-state index contributed by atoms with van der Waals surface area (Å²) in [6, 6.07) is 21.0. The molecule has 4 heteroatoms. The second-order valence-electron chi connectivity index (χ2n) is 5.80. The van der Waals surface area contributed by atoms with Crippen LogP contribution in [0.5, 0.6) is 0 Å². The number of fused-ring (bicyclic) bond motifs is 2. The maximum atomic E-state index is 13.2. The zero-order chi connectivity index (χ0) is 16.5. The highest BCUT2D eigenvalue weighted by atomic mass is 16.2. The van der Waals surface area contributed by atoms with E-state index in [1.807, 2.05) is 42.6 Å². The van der Waals surface area contributed by atoms with Gasteiger partial charge in [-0.3, -0.25) is 4.79 Å². The summed E-state index contributed by atoms with van der Waals surface area (Å²) in [5.41, 5.74) is 3.91. The molecule has 0 unspecified atom stereocenters. The third-order valence-corrected chi connectivity index (χ3v) is 4.39. The molecule has 1 amide bonds. The smallest absolute Gasteiger partial charge is 0.259 e. The number of nitrogens with zero attached hydrogens (tertiary/aromatic N) is 3. The first-order chi connectivity index (χ1) is 11.8. The fourth-order valence-electron chi connectivity index (χ4n) is 3.18. The number of hydrogen-bond donors (Lipinski definition) is 0. The number of nitriles is 1. The van der Waals surface area contributed by atoms with Crippen molar-refractivity contribution in [3.63, 3.8) is 0 Å². The molecule has 0 bridgehead atoms. The van der Waals surface area contributed by atoms with Gasteiger partial charge in [-0.2, -0.15) is 5.26 Å². The number of benzene rings is 2. The van der Waals surface area contributed by atoms with Gasteiger partial charge in [0.2, 0.25) is 0 Å². The minimum atomic E-state index is -0.144. The summed E-state index contributed by atoms with van der Waals surface area (Å²) in [5.74, 6) is -0.144. The Bertz CT molecular complexity index is 965. The fourth-order valence-corrected chi connectivity index (χ4v) is 3.18. The lowest BCUT2D eigenvalue weighted by Crippen LogP contribution is -2.31. The van der Waals surface area contributed by atoms with E-state index in [1.54, 1.807) is 29.2 Å². The van der Waals surface area contributed by atoms with Gasteiger partial charge >= 0.3 is 0 Å². The van der Waals surface area contributed by atoms with E-state index in [0.717, 1.165) is 23.5 Å². The van der Waals surface area contributed by atoms with Crippen molar-refractivity contribution >= 4 is 11.6 Å². The van der Waals surface area contributed by atoms with Gasteiger partial charge in [0.1, 0.15) is 0 Å². The van der Waals surface area contributed by atoms with Gasteiger partial charge < -0.3 is 9.47 Å². The number of anilines is 1. The molecule has 0 N–H and O–H groups in total. The molecule has 1 aliphatic heterocycles. The van der Waals surface area contributed by atoms with Crippen LogP contribution in [0.3, 0.4) is 0 Å². The lowest BCUT2D eigenvalue weighted by atomic mass is 10.1. The molecule has 2 heterocycles. The van der Waals surface area contributed by atoms with E-state index in [2.05, 4.69) is 10.6 Å². The molecule has 0 saturated carbocycles. The Balaban J connectivity index is 1.85. The maximum absolute atomic E-state index is 13.2. The normalized spacial score (nSPS) is 12.7. The third kappa shape index (κ3) is 2.27. The number of hydrogen-bond acceptors (Lipinski definition) is 2. The molecule has 4 rings (SSSR count). The summed E-state index contributed by atoms with van der Waals surface area (Å²) in [4.78, 5) is 15.0. The van der Waals surface area contributed by atoms with E-state index in [-0.39, 0.29) is 5.91 Å². The van der Waals surface area contributed by atoms with Gasteiger partial charge in [-0.25, -0.2) is 0 Å². The molecule has 2 aromatic carbocycles. The lowest BCUT2D eigenvalue weighted by molar-refractivity contribution is 0.0984. The van der Waals surface area contributed by atoms with Crippen LogP contribution in [0, 0.1) is 11.3 Å². The Labute approximate surface area is 140 Å². The molecule has 0 saturated heterocycles. The molecule has 1 aliphatic rings. The number of rotatable bonds is 1. The standard InChI is InChI=1S/C20H15N3O/c21-12-15-6-1-3-9-18(15)20(24)23-14-17-8-5-11-22(17)13-16-7-2-4-10-19(16)23/h1-11H,13-14H2. The number of carbonyl (C=O) groups excluding carboxylic acids is 1. The average Bonchev–Trinajstić information content (AvgIpc) is 3.00. The van der Waals surface area contributed by atoms with E-state index in [1.165, 1.54) is 0 Å². The summed E-state index contributed by atoms with van der Waals surface area (Å²) in [7, 11) is 0. The van der Waals surface area contributed by atoms with Crippen molar-refractivity contribution < 1.29 is 4.79 Å². The first-order valence-electron chi connectivity index (χ1n) is 7.81. The summed E-state index contributed by atoms with van der Waals surface area (Å²) < 4.78 is 2.16. The van der Waals surface area contributed by atoms with Crippen molar-refractivity contribution in [3.05, 3.63) is 89.2 Å². The van der Waals surface area contributed by atoms with Crippen molar-refractivity contribution in [1.82, 2.24) is 4.57 Å². The summed E-state index contributed by atoms with van der Waals surface area (Å²) >= 11 is 0. The summed E-state index contributed by atoms with van der Waals surface area (Å²) in [6.45, 7) is 1.23. The number of aromatic nitrogens is 1. The first-order valence-corrected chi connectivity index (χ1v) is 7.81. The Morgan fingerprint density at radius 2 is 1.75 bits per heavy atom. The van der Waals surface area contributed by atoms with Gasteiger partial charge in [0, 0.05) is 24.1 Å². The number of amides is 1. The first kappa shape index (κ1) is 14.3. The SMILES string of the molecule is N#Cc1ccccc1C(=O)N1Cc2cccn2Cc2ccccc21. The van der Waals surface area contributed by atoms with E-state index < -0.39 is 0 Å². The quantitative estimate of drug-likeness (QED) is 0.689. The highest BCUT2D eigenvalue weighted by Gasteiger charge is 2.25. The summed E-state index contributed by atoms with van der Waals surface area (Å²) in [5, 5.41) is 9.32. The van der Waals surface area contributed by atoms with Gasteiger partial charge in [-0.1, -0.05) is 30.3 Å². The topological polar surface area (TPSA) is 49.0 Å². The van der Waals surface area contributed by atoms with Crippen LogP contribution in [0.1, 0.15) is 27.2 Å². The van der Waals surface area contributed by atoms with E-state index in [4.69, 9.17) is 0 Å². The second kappa shape index (κ2) is 5.71. The van der Waals surface area contributed by atoms with Crippen molar-refractivity contribution in [2.75, 3.05) is 4.90 Å². The third-order valence-electron chi connectivity index (χ3n) is 4.39. The largest absolute Gasteiger partial charge is 0.345 e. The molecule has 0 aliphatic carbocycles. The van der Waals surface area contributed by atoms with E-state index in [9.17, 15) is 10.1 Å². The second-order valence-corrected chi connectivity index (χ2v) is 5.80. The predicted octanol–water partition coefficient (Wildman–Crippen LogP) is 3.57. The van der Waals surface area contributed by atoms with Crippen LogP contribution in [0.15, 0.2) is 66.9 Å². The fraction of sp³-hybridized carbons (Fsp3) is 0.100. The Hall–Kier alpha value is -3.32. The van der Waals surface area contributed by atoms with Crippen LogP contribution >= 0.6 is 0 Å². The van der Waals surface area contributed by atoms with Crippen LogP contribution in [-0.4, -0.2) is 10.5 Å². The molecule has 3 aromatic rings. The van der Waals surface area contributed by atoms with Gasteiger partial charge in [0.15, 0.2) is 0 Å². The molecule has 116 valence electrons. The summed E-state index contributed by atoms with van der Waals surface area (Å²) in [6.07, 6.45) is 2.03. The maximum Gasteiger partial charge on any atom is 0.259 e. The van der Waals surface area contributed by atoms with Crippen LogP contribution in [0.4, 0.5) is 5.69 Å². The molecule has 0 radical (unpaired) electrons. The van der Waals surface area contributed by atoms with Gasteiger partial charge in [0.05, 0.1) is 23.7 Å². The van der Waals surface area contributed by atoms with Crippen LogP contribution in [0.2, 0.25) is 0 Å². The van der Waals surface area contributed by atoms with E-state index in [0.29, 0.717) is 17.7 Å². The van der Waals surface area contributed by atoms with Gasteiger partial charge in [-0.05, 0) is 35.9 Å². The molecule has 0 spiro atoms. The van der Waals surface area contributed by atoms with Crippen LogP contribution in [-0.2, 0) is 13.1 Å². The van der Waals surface area contributed by atoms with Crippen LogP contribution < -0.4 is 4.90 Å². The average molecular weight is 313 g/mol. The van der Waals surface area contributed by atoms with Gasteiger partial charge in [-0.15, -0.1) is 0 Å². The minimum absolute atomic E-state index is 0.144. The monoisotopic (exact) mass is 313 g/mol. The minimum Gasteiger partial charge on any atom is -0.345 e. The number of para-hydroxylation sites is 1. The molecule has 1 aromatic heterocycles. The van der Waals surface area contributed by atoms with Crippen molar-refractivity contribution in [2.45, 2.75) is 13.1 Å². The van der Waals surface area contributed by atoms with Crippen molar-refractivity contribution in [2.24, 2.45) is 0 Å². The molecule has 24 heavy (non-hydrogen) atoms. The molecular weight excluding hydrogens is 298 g/mol. The zero-order valence-electron chi connectivity index (χ0n) is 13.0. The predicted molar refractivity (Wildman–Crippen MR) is 91.6 cm³/mol. The Kier molecular flexibility index (Phi) is 3.40. The van der Waals surface area contributed by atoms with Gasteiger partial charge in [0.25, 0.3) is 5.91 Å². The molecular formula is C20H15N3O. The zero-order valence-corrected chi connectivity index (χ0v) is 13.0. The van der Waals surface area contributed by atoms with Crippen LogP contribution in [0.25, 0.3) is 0 Å². The molecule has 0 fully saturated rings. The highest BCUT2D eigenvalue weighted by Crippen LogP contribution is 2.29. The van der Waals surface area contributed by atoms with Crippen molar-refractivity contribution in [3.8, 4) is 6.07 Å². The Morgan fingerprint density at radius 1 is 0.958 bits per heavy atom.